The van der Waals surface area contributed by atoms with Gasteiger partial charge in [-0.25, -0.2) is 4.68 Å². The van der Waals surface area contributed by atoms with Crippen LogP contribution in [0.25, 0.3) is 16.9 Å². The number of methoxy groups -OCH3 is 2. The number of aromatic nitrogens is 2. The Morgan fingerprint density at radius 1 is 0.964 bits per heavy atom. The van der Waals surface area contributed by atoms with E-state index in [2.05, 4.69) is 5.32 Å². The average Bonchev–Trinajstić information content (AvgIpc) is 2.88. The zero-order valence-corrected chi connectivity index (χ0v) is 17.3. The summed E-state index contributed by atoms with van der Waals surface area (Å²) in [5.41, 5.74) is 3.65. The molecule has 7 heteroatoms. The van der Waals surface area contributed by atoms with Crippen LogP contribution >= 0.6 is 23.2 Å². The summed E-state index contributed by atoms with van der Waals surface area (Å²) >= 11 is 12.6. The smallest absolute Gasteiger partial charge is 0.144 e. The standard InChI is InChI=1S/C21H21Cl2N3O2/c1-27-18-8-6-13(22)11-16(18)20-15-5-3-4-10-24-21(15)26(25-20)17-12-14(23)7-9-19(17)28-2/h6-9,11-12,24H,3-5,10H2,1-2H3. The Kier molecular flexibility index (Phi) is 5.38. The number of ether oxygens (including phenoxy) is 2. The molecular weight excluding hydrogens is 397 g/mol. The van der Waals surface area contributed by atoms with Crippen LogP contribution in [0, 0.1) is 0 Å². The lowest BCUT2D eigenvalue weighted by molar-refractivity contribution is 0.412. The molecule has 1 aliphatic rings. The summed E-state index contributed by atoms with van der Waals surface area (Å²) in [6, 6.07) is 11.1. The van der Waals surface area contributed by atoms with Crippen molar-refractivity contribution >= 4 is 29.0 Å². The van der Waals surface area contributed by atoms with Gasteiger partial charge in [-0.3, -0.25) is 0 Å². The van der Waals surface area contributed by atoms with Crippen molar-refractivity contribution in [3.05, 3.63) is 52.0 Å². The highest BCUT2D eigenvalue weighted by molar-refractivity contribution is 6.31. The molecule has 1 aromatic heterocycles. The van der Waals surface area contributed by atoms with Gasteiger partial charge in [-0.05, 0) is 55.7 Å². The number of hydrogen-bond acceptors (Lipinski definition) is 4. The Morgan fingerprint density at radius 2 is 1.68 bits per heavy atom. The highest BCUT2D eigenvalue weighted by Crippen LogP contribution is 2.40. The largest absolute Gasteiger partial charge is 0.496 e. The monoisotopic (exact) mass is 417 g/mol. The normalized spacial score (nSPS) is 13.4. The Hall–Kier alpha value is -2.37. The van der Waals surface area contributed by atoms with E-state index in [1.54, 1.807) is 20.3 Å². The number of benzene rings is 2. The Morgan fingerprint density at radius 3 is 2.43 bits per heavy atom. The fourth-order valence-electron chi connectivity index (χ4n) is 3.59. The fourth-order valence-corrected chi connectivity index (χ4v) is 3.93. The molecule has 0 spiro atoms. The molecule has 0 amide bonds. The van der Waals surface area contributed by atoms with Gasteiger partial charge in [-0.2, -0.15) is 5.10 Å². The van der Waals surface area contributed by atoms with Crippen molar-refractivity contribution in [2.75, 3.05) is 26.1 Å². The molecule has 0 bridgehead atoms. The number of nitrogens with one attached hydrogen (secondary N) is 1. The second-order valence-electron chi connectivity index (χ2n) is 6.63. The number of hydrogen-bond donors (Lipinski definition) is 1. The summed E-state index contributed by atoms with van der Waals surface area (Å²) in [5, 5.41) is 9.74. The van der Waals surface area contributed by atoms with Crippen molar-refractivity contribution in [3.8, 4) is 28.4 Å². The van der Waals surface area contributed by atoms with Crippen LogP contribution in [-0.2, 0) is 6.42 Å². The molecule has 0 unspecified atom stereocenters. The Labute approximate surface area is 174 Å². The Balaban J connectivity index is 1.98. The van der Waals surface area contributed by atoms with Crippen molar-refractivity contribution < 1.29 is 9.47 Å². The summed E-state index contributed by atoms with van der Waals surface area (Å²) in [7, 11) is 3.30. The maximum Gasteiger partial charge on any atom is 0.144 e. The molecule has 0 aliphatic carbocycles. The molecule has 0 saturated heterocycles. The quantitative estimate of drug-likeness (QED) is 0.598. The summed E-state index contributed by atoms with van der Waals surface area (Å²) < 4.78 is 13.0. The third-order valence-corrected chi connectivity index (χ3v) is 5.39. The molecule has 2 aromatic carbocycles. The van der Waals surface area contributed by atoms with Gasteiger partial charge in [-0.1, -0.05) is 23.2 Å². The number of nitrogens with zero attached hydrogens (tertiary/aromatic N) is 2. The van der Waals surface area contributed by atoms with Crippen molar-refractivity contribution in [3.63, 3.8) is 0 Å². The molecule has 1 N–H and O–H groups in total. The molecule has 5 nitrogen and oxygen atoms in total. The van der Waals surface area contributed by atoms with E-state index in [9.17, 15) is 0 Å². The minimum atomic E-state index is 0.621. The lowest BCUT2D eigenvalue weighted by atomic mass is 10.0. The summed E-state index contributed by atoms with van der Waals surface area (Å²) in [5.74, 6) is 2.39. The molecule has 0 atom stereocenters. The van der Waals surface area contributed by atoms with Crippen LogP contribution in [0.4, 0.5) is 5.82 Å². The first-order chi connectivity index (χ1) is 13.6. The zero-order chi connectivity index (χ0) is 19.7. The van der Waals surface area contributed by atoms with Gasteiger partial charge in [0.1, 0.15) is 28.7 Å². The minimum Gasteiger partial charge on any atom is -0.496 e. The SMILES string of the molecule is COc1ccc(Cl)cc1-c1nn(-c2cc(Cl)ccc2OC)c2c1CCCCN2. The van der Waals surface area contributed by atoms with Crippen molar-refractivity contribution in [2.45, 2.75) is 19.3 Å². The van der Waals surface area contributed by atoms with E-state index >= 15 is 0 Å². The molecule has 0 fully saturated rings. The van der Waals surface area contributed by atoms with Crippen molar-refractivity contribution in [1.29, 1.82) is 0 Å². The van der Waals surface area contributed by atoms with Gasteiger partial charge in [0.15, 0.2) is 0 Å². The molecule has 28 heavy (non-hydrogen) atoms. The van der Waals surface area contributed by atoms with E-state index in [4.69, 9.17) is 37.8 Å². The summed E-state index contributed by atoms with van der Waals surface area (Å²) in [6.45, 7) is 0.883. The third kappa shape index (κ3) is 3.40. The van der Waals surface area contributed by atoms with Gasteiger partial charge in [0.2, 0.25) is 0 Å². The van der Waals surface area contributed by atoms with Crippen LogP contribution in [0.15, 0.2) is 36.4 Å². The highest BCUT2D eigenvalue weighted by Gasteiger charge is 2.25. The van der Waals surface area contributed by atoms with Gasteiger partial charge in [-0.15, -0.1) is 0 Å². The van der Waals surface area contributed by atoms with Gasteiger partial charge >= 0.3 is 0 Å². The van der Waals surface area contributed by atoms with Gasteiger partial charge in [0.25, 0.3) is 0 Å². The lowest BCUT2D eigenvalue weighted by Crippen LogP contribution is -2.08. The van der Waals surface area contributed by atoms with Crippen LogP contribution in [-0.4, -0.2) is 30.5 Å². The predicted octanol–water partition coefficient (Wildman–Crippen LogP) is 5.61. The molecule has 0 saturated carbocycles. The number of halogens is 2. The van der Waals surface area contributed by atoms with Crippen LogP contribution in [0.1, 0.15) is 18.4 Å². The van der Waals surface area contributed by atoms with Crippen LogP contribution in [0.2, 0.25) is 10.0 Å². The number of fused-ring (bicyclic) bond motifs is 1. The summed E-state index contributed by atoms with van der Waals surface area (Å²) in [4.78, 5) is 0. The lowest BCUT2D eigenvalue weighted by Gasteiger charge is -2.13. The maximum atomic E-state index is 6.29. The minimum absolute atomic E-state index is 0.621. The van der Waals surface area contributed by atoms with E-state index in [0.29, 0.717) is 15.8 Å². The first-order valence-electron chi connectivity index (χ1n) is 9.16. The molecular formula is C21H21Cl2N3O2. The van der Waals surface area contributed by atoms with Crippen LogP contribution < -0.4 is 14.8 Å². The first kappa shape index (κ1) is 19.0. The highest BCUT2D eigenvalue weighted by atomic mass is 35.5. The van der Waals surface area contributed by atoms with E-state index < -0.39 is 0 Å². The van der Waals surface area contributed by atoms with E-state index in [-0.39, 0.29) is 0 Å². The molecule has 3 aromatic rings. The molecule has 2 heterocycles. The number of anilines is 1. The maximum absolute atomic E-state index is 6.29. The van der Waals surface area contributed by atoms with Crippen LogP contribution in [0.3, 0.4) is 0 Å². The fraction of sp³-hybridized carbons (Fsp3) is 0.286. The Bertz CT molecular complexity index is 939. The predicted molar refractivity (Wildman–Crippen MR) is 114 cm³/mol. The van der Waals surface area contributed by atoms with Crippen molar-refractivity contribution in [2.24, 2.45) is 0 Å². The van der Waals surface area contributed by atoms with Gasteiger partial charge in [0.05, 0.1) is 14.2 Å². The second kappa shape index (κ2) is 7.94. The van der Waals surface area contributed by atoms with Crippen LogP contribution in [0.5, 0.6) is 11.5 Å². The third-order valence-electron chi connectivity index (χ3n) is 4.92. The molecule has 1 aliphatic heterocycles. The topological polar surface area (TPSA) is 48.3 Å². The van der Waals surface area contributed by atoms with Gasteiger partial charge in [0, 0.05) is 27.7 Å². The van der Waals surface area contributed by atoms with Crippen molar-refractivity contribution in [1.82, 2.24) is 9.78 Å². The zero-order valence-electron chi connectivity index (χ0n) is 15.8. The number of rotatable bonds is 4. The van der Waals surface area contributed by atoms with E-state index in [1.807, 2.05) is 35.0 Å². The average molecular weight is 418 g/mol. The molecule has 146 valence electrons. The summed E-state index contributed by atoms with van der Waals surface area (Å²) in [6.07, 6.45) is 3.08. The molecule has 4 rings (SSSR count). The molecule has 0 radical (unpaired) electrons. The van der Waals surface area contributed by atoms with E-state index in [1.165, 1.54) is 0 Å². The van der Waals surface area contributed by atoms with Gasteiger partial charge < -0.3 is 14.8 Å². The van der Waals surface area contributed by atoms with E-state index in [0.717, 1.165) is 59.9 Å². The first-order valence-corrected chi connectivity index (χ1v) is 9.91. The second-order valence-corrected chi connectivity index (χ2v) is 7.51.